The fraction of sp³-hybridized carbons (Fsp3) is 0.643. The van der Waals surface area contributed by atoms with Gasteiger partial charge in [0.05, 0.1) is 18.5 Å². The molecule has 1 aromatic rings. The van der Waals surface area contributed by atoms with Crippen molar-refractivity contribution < 1.29 is 9.13 Å². The van der Waals surface area contributed by atoms with Crippen LogP contribution in [-0.4, -0.2) is 23.7 Å². The summed E-state index contributed by atoms with van der Waals surface area (Å²) in [4.78, 5) is 4.10. The summed E-state index contributed by atoms with van der Waals surface area (Å²) in [6.45, 7) is 7.19. The number of aromatic nitrogens is 1. The molecule has 3 atom stereocenters. The Labute approximate surface area is 108 Å². The molecule has 3 nitrogen and oxygen atoms in total. The van der Waals surface area contributed by atoms with Gasteiger partial charge in [0.25, 0.3) is 0 Å². The maximum absolute atomic E-state index is 12.8. The van der Waals surface area contributed by atoms with Crippen molar-refractivity contribution in [3.8, 4) is 0 Å². The summed E-state index contributed by atoms with van der Waals surface area (Å²) in [5.74, 6) is 0.339. The lowest BCUT2D eigenvalue weighted by molar-refractivity contribution is -0.0306. The molecule has 0 spiro atoms. The summed E-state index contributed by atoms with van der Waals surface area (Å²) in [6, 6.07) is 3.72. The first-order chi connectivity index (χ1) is 8.56. The third-order valence-electron chi connectivity index (χ3n) is 3.23. The highest BCUT2D eigenvalue weighted by molar-refractivity contribution is 5.11. The standard InChI is InChI=1S/C14H21FN2O/c1-9(2)6-12-8-18-14(10(3)17-12)13-5-4-11(15)7-16-13/h4-5,7,9-10,12,14,17H,6,8H2,1-3H3. The number of nitrogens with zero attached hydrogens (tertiary/aromatic N) is 1. The Hall–Kier alpha value is -1.00. The van der Waals surface area contributed by atoms with E-state index in [2.05, 4.69) is 31.1 Å². The molecule has 0 aliphatic carbocycles. The van der Waals surface area contributed by atoms with Crippen molar-refractivity contribution in [1.29, 1.82) is 0 Å². The average Bonchev–Trinajstić information content (AvgIpc) is 2.30. The maximum Gasteiger partial charge on any atom is 0.141 e. The first kappa shape index (κ1) is 13.4. The second kappa shape index (κ2) is 5.76. The Morgan fingerprint density at radius 3 is 2.83 bits per heavy atom. The lowest BCUT2D eigenvalue weighted by atomic mass is 9.99. The third kappa shape index (κ3) is 3.27. The summed E-state index contributed by atoms with van der Waals surface area (Å²) in [5, 5.41) is 3.55. The van der Waals surface area contributed by atoms with Crippen LogP contribution in [0.15, 0.2) is 18.3 Å². The second-order valence-electron chi connectivity index (χ2n) is 5.44. The molecule has 1 fully saturated rings. The molecule has 1 N–H and O–H groups in total. The highest BCUT2D eigenvalue weighted by Crippen LogP contribution is 2.25. The van der Waals surface area contributed by atoms with Gasteiger partial charge in [-0.1, -0.05) is 13.8 Å². The fourth-order valence-electron chi connectivity index (χ4n) is 2.47. The van der Waals surface area contributed by atoms with E-state index in [4.69, 9.17) is 4.74 Å². The van der Waals surface area contributed by atoms with Crippen LogP contribution in [0.1, 0.15) is 39.0 Å². The van der Waals surface area contributed by atoms with Crippen molar-refractivity contribution in [2.75, 3.05) is 6.61 Å². The normalized spacial score (nSPS) is 28.6. The molecule has 100 valence electrons. The van der Waals surface area contributed by atoms with Gasteiger partial charge in [0.2, 0.25) is 0 Å². The van der Waals surface area contributed by atoms with Crippen LogP contribution in [0.5, 0.6) is 0 Å². The Morgan fingerprint density at radius 1 is 1.50 bits per heavy atom. The van der Waals surface area contributed by atoms with E-state index in [1.54, 1.807) is 6.07 Å². The smallest absolute Gasteiger partial charge is 0.141 e. The average molecular weight is 252 g/mol. The summed E-state index contributed by atoms with van der Waals surface area (Å²) < 4.78 is 18.7. The van der Waals surface area contributed by atoms with Crippen molar-refractivity contribution in [3.63, 3.8) is 0 Å². The molecule has 0 bridgehead atoms. The molecule has 1 saturated heterocycles. The summed E-state index contributed by atoms with van der Waals surface area (Å²) in [7, 11) is 0. The van der Waals surface area contributed by atoms with Gasteiger partial charge in [0, 0.05) is 12.1 Å². The quantitative estimate of drug-likeness (QED) is 0.898. The van der Waals surface area contributed by atoms with Crippen molar-refractivity contribution in [1.82, 2.24) is 10.3 Å². The van der Waals surface area contributed by atoms with E-state index < -0.39 is 0 Å². The topological polar surface area (TPSA) is 34.1 Å². The van der Waals surface area contributed by atoms with Crippen LogP contribution in [0.2, 0.25) is 0 Å². The third-order valence-corrected chi connectivity index (χ3v) is 3.23. The van der Waals surface area contributed by atoms with Gasteiger partial charge in [-0.15, -0.1) is 0 Å². The van der Waals surface area contributed by atoms with Gasteiger partial charge in [-0.3, -0.25) is 4.98 Å². The van der Waals surface area contributed by atoms with Crippen molar-refractivity contribution in [2.45, 2.75) is 45.4 Å². The number of hydrogen-bond acceptors (Lipinski definition) is 3. The zero-order chi connectivity index (χ0) is 13.1. The maximum atomic E-state index is 12.8. The predicted molar refractivity (Wildman–Crippen MR) is 68.7 cm³/mol. The van der Waals surface area contributed by atoms with Crippen LogP contribution in [0.4, 0.5) is 4.39 Å². The van der Waals surface area contributed by atoms with E-state index in [1.807, 2.05) is 0 Å². The summed E-state index contributed by atoms with van der Waals surface area (Å²) in [5.41, 5.74) is 0.791. The molecule has 0 radical (unpaired) electrons. The Balaban J connectivity index is 1.99. The molecule has 1 aliphatic heterocycles. The Morgan fingerprint density at radius 2 is 2.28 bits per heavy atom. The van der Waals surface area contributed by atoms with E-state index >= 15 is 0 Å². The first-order valence-corrected chi connectivity index (χ1v) is 6.55. The minimum atomic E-state index is -0.312. The minimum absolute atomic E-state index is 0.0889. The van der Waals surface area contributed by atoms with Crippen LogP contribution in [0.3, 0.4) is 0 Å². The van der Waals surface area contributed by atoms with E-state index in [-0.39, 0.29) is 18.0 Å². The van der Waals surface area contributed by atoms with Crippen LogP contribution < -0.4 is 5.32 Å². The number of rotatable bonds is 3. The fourth-order valence-corrected chi connectivity index (χ4v) is 2.47. The monoisotopic (exact) mass is 252 g/mol. The molecule has 0 saturated carbocycles. The molecule has 2 heterocycles. The lowest BCUT2D eigenvalue weighted by Crippen LogP contribution is -2.49. The molecule has 3 unspecified atom stereocenters. The molecular formula is C14H21FN2O. The van der Waals surface area contributed by atoms with Gasteiger partial charge in [-0.2, -0.15) is 0 Å². The number of halogens is 1. The van der Waals surface area contributed by atoms with Gasteiger partial charge in [0.15, 0.2) is 0 Å². The number of ether oxygens (including phenoxy) is 1. The molecule has 2 rings (SSSR count). The highest BCUT2D eigenvalue weighted by atomic mass is 19.1. The zero-order valence-corrected chi connectivity index (χ0v) is 11.2. The molecule has 4 heteroatoms. The number of nitrogens with one attached hydrogen (secondary N) is 1. The number of pyridine rings is 1. The van der Waals surface area contributed by atoms with Crippen LogP contribution in [0.25, 0.3) is 0 Å². The second-order valence-corrected chi connectivity index (χ2v) is 5.44. The van der Waals surface area contributed by atoms with E-state index in [9.17, 15) is 4.39 Å². The van der Waals surface area contributed by atoms with E-state index in [1.165, 1.54) is 12.3 Å². The van der Waals surface area contributed by atoms with Crippen LogP contribution in [0, 0.1) is 11.7 Å². The van der Waals surface area contributed by atoms with Crippen molar-refractivity contribution >= 4 is 0 Å². The first-order valence-electron chi connectivity index (χ1n) is 6.55. The van der Waals surface area contributed by atoms with Crippen LogP contribution >= 0.6 is 0 Å². The minimum Gasteiger partial charge on any atom is -0.369 e. The van der Waals surface area contributed by atoms with Gasteiger partial charge in [0.1, 0.15) is 11.9 Å². The van der Waals surface area contributed by atoms with Gasteiger partial charge < -0.3 is 10.1 Å². The summed E-state index contributed by atoms with van der Waals surface area (Å²) in [6.07, 6.45) is 2.26. The number of morpholine rings is 1. The van der Waals surface area contributed by atoms with E-state index in [0.717, 1.165) is 12.1 Å². The molecule has 1 aliphatic rings. The Bertz CT molecular complexity index is 380. The highest BCUT2D eigenvalue weighted by Gasteiger charge is 2.29. The lowest BCUT2D eigenvalue weighted by Gasteiger charge is -2.36. The van der Waals surface area contributed by atoms with Gasteiger partial charge >= 0.3 is 0 Å². The SMILES string of the molecule is CC(C)CC1COC(c2ccc(F)cn2)C(C)N1. The van der Waals surface area contributed by atoms with Crippen molar-refractivity contribution in [3.05, 3.63) is 29.8 Å². The van der Waals surface area contributed by atoms with Gasteiger partial charge in [-0.05, 0) is 31.4 Å². The van der Waals surface area contributed by atoms with Gasteiger partial charge in [-0.25, -0.2) is 4.39 Å². The molecular weight excluding hydrogens is 231 g/mol. The predicted octanol–water partition coefficient (Wildman–Crippen LogP) is 2.68. The van der Waals surface area contributed by atoms with Crippen LogP contribution in [-0.2, 0) is 4.74 Å². The molecule has 0 amide bonds. The zero-order valence-electron chi connectivity index (χ0n) is 11.2. The molecule has 0 aromatic carbocycles. The summed E-state index contributed by atoms with van der Waals surface area (Å²) >= 11 is 0. The largest absolute Gasteiger partial charge is 0.369 e. The Kier molecular flexibility index (Phi) is 4.30. The van der Waals surface area contributed by atoms with E-state index in [0.29, 0.717) is 18.6 Å². The van der Waals surface area contributed by atoms with Crippen molar-refractivity contribution in [2.24, 2.45) is 5.92 Å². The molecule has 18 heavy (non-hydrogen) atoms. The molecule has 1 aromatic heterocycles. The number of hydrogen-bond donors (Lipinski definition) is 1.